The topological polar surface area (TPSA) is 47.6 Å². The van der Waals surface area contributed by atoms with Gasteiger partial charge in [0.15, 0.2) is 6.10 Å². The average molecular weight is 286 g/mol. The Morgan fingerprint density at radius 3 is 3.06 bits per heavy atom. The van der Waals surface area contributed by atoms with Crippen LogP contribution in [0.25, 0.3) is 0 Å². The average Bonchev–Trinajstić information content (AvgIpc) is 2.66. The van der Waals surface area contributed by atoms with Gasteiger partial charge < -0.3 is 14.8 Å². The molecule has 0 aromatic heterocycles. The highest BCUT2D eigenvalue weighted by Gasteiger charge is 2.22. The summed E-state index contributed by atoms with van der Waals surface area (Å²) in [6.45, 7) is 2.88. The first-order valence-corrected chi connectivity index (χ1v) is 5.78. The van der Waals surface area contributed by atoms with E-state index in [1.54, 1.807) is 0 Å². The van der Waals surface area contributed by atoms with Crippen LogP contribution in [0.1, 0.15) is 5.56 Å². The molecule has 0 radical (unpaired) electrons. The second kappa shape index (κ2) is 4.74. The van der Waals surface area contributed by atoms with Crippen molar-refractivity contribution >= 4 is 22.0 Å². The van der Waals surface area contributed by atoms with E-state index in [0.29, 0.717) is 13.2 Å². The number of hydrogen-bond donors (Lipinski definition) is 1. The standard InChI is InChI=1S/C11H12BrNO3/c1-7-4-8(2-3-10(7)12)15-6-9-5-13-11(14)16-9/h2-4,9H,5-6H2,1H3,(H,13,14). The Morgan fingerprint density at radius 1 is 1.62 bits per heavy atom. The highest BCUT2D eigenvalue weighted by atomic mass is 79.9. The molecule has 1 saturated heterocycles. The minimum absolute atomic E-state index is 0.198. The van der Waals surface area contributed by atoms with Gasteiger partial charge in [-0.25, -0.2) is 4.79 Å². The molecule has 2 rings (SSSR count). The number of carbonyl (C=O) groups excluding carboxylic acids is 1. The number of benzene rings is 1. The summed E-state index contributed by atoms with van der Waals surface area (Å²) in [4.78, 5) is 10.8. The van der Waals surface area contributed by atoms with Gasteiger partial charge in [0.1, 0.15) is 12.4 Å². The molecule has 16 heavy (non-hydrogen) atoms. The van der Waals surface area contributed by atoms with E-state index in [1.165, 1.54) is 0 Å². The fraction of sp³-hybridized carbons (Fsp3) is 0.364. The molecule has 1 N–H and O–H groups in total. The number of alkyl carbamates (subject to hydrolysis) is 1. The van der Waals surface area contributed by atoms with Crippen LogP contribution in [-0.4, -0.2) is 25.3 Å². The number of amides is 1. The van der Waals surface area contributed by atoms with Crippen LogP contribution in [0.5, 0.6) is 5.75 Å². The number of ether oxygens (including phenoxy) is 2. The van der Waals surface area contributed by atoms with Gasteiger partial charge >= 0.3 is 6.09 Å². The van der Waals surface area contributed by atoms with Crippen LogP contribution in [0.3, 0.4) is 0 Å². The Kier molecular flexibility index (Phi) is 3.33. The van der Waals surface area contributed by atoms with E-state index in [2.05, 4.69) is 21.2 Å². The number of nitrogens with one attached hydrogen (secondary N) is 1. The molecular formula is C11H12BrNO3. The summed E-state index contributed by atoms with van der Waals surface area (Å²) in [6, 6.07) is 5.75. The predicted octanol–water partition coefficient (Wildman–Crippen LogP) is 2.24. The number of carbonyl (C=O) groups is 1. The van der Waals surface area contributed by atoms with Gasteiger partial charge in [0, 0.05) is 4.47 Å². The molecule has 1 aliphatic heterocycles. The molecule has 1 unspecified atom stereocenters. The Bertz CT molecular complexity index is 408. The summed E-state index contributed by atoms with van der Waals surface area (Å²) in [7, 11) is 0. The smallest absolute Gasteiger partial charge is 0.407 e. The maximum absolute atomic E-state index is 10.8. The minimum atomic E-state index is -0.374. The second-order valence-corrected chi connectivity index (χ2v) is 4.48. The quantitative estimate of drug-likeness (QED) is 0.927. The fourth-order valence-electron chi connectivity index (χ4n) is 1.42. The zero-order valence-corrected chi connectivity index (χ0v) is 10.4. The number of cyclic esters (lactones) is 1. The Morgan fingerprint density at radius 2 is 2.44 bits per heavy atom. The molecule has 1 aromatic rings. The Hall–Kier alpha value is -1.23. The lowest BCUT2D eigenvalue weighted by Crippen LogP contribution is -2.21. The van der Waals surface area contributed by atoms with Crippen LogP contribution in [0.15, 0.2) is 22.7 Å². The SMILES string of the molecule is Cc1cc(OCC2CNC(=O)O2)ccc1Br. The summed E-state index contributed by atoms with van der Waals surface area (Å²) in [5, 5.41) is 2.58. The van der Waals surface area contributed by atoms with Crippen molar-refractivity contribution < 1.29 is 14.3 Å². The van der Waals surface area contributed by atoms with Crippen molar-refractivity contribution in [1.29, 1.82) is 0 Å². The van der Waals surface area contributed by atoms with Crippen molar-refractivity contribution in [2.75, 3.05) is 13.2 Å². The molecule has 1 aromatic carbocycles. The van der Waals surface area contributed by atoms with Crippen LogP contribution in [0.4, 0.5) is 4.79 Å². The molecule has 1 fully saturated rings. The van der Waals surface area contributed by atoms with Gasteiger partial charge in [-0.15, -0.1) is 0 Å². The van der Waals surface area contributed by atoms with Gasteiger partial charge in [-0.1, -0.05) is 15.9 Å². The van der Waals surface area contributed by atoms with Crippen molar-refractivity contribution in [3.63, 3.8) is 0 Å². The largest absolute Gasteiger partial charge is 0.490 e. The highest BCUT2D eigenvalue weighted by Crippen LogP contribution is 2.21. The van der Waals surface area contributed by atoms with Crippen molar-refractivity contribution in [1.82, 2.24) is 5.32 Å². The third-order valence-electron chi connectivity index (χ3n) is 2.31. The van der Waals surface area contributed by atoms with E-state index in [-0.39, 0.29) is 12.2 Å². The third-order valence-corrected chi connectivity index (χ3v) is 3.20. The van der Waals surface area contributed by atoms with Crippen molar-refractivity contribution in [3.8, 4) is 5.75 Å². The van der Waals surface area contributed by atoms with E-state index in [9.17, 15) is 4.79 Å². The molecule has 1 amide bonds. The summed E-state index contributed by atoms with van der Waals surface area (Å²) < 4.78 is 11.5. The summed E-state index contributed by atoms with van der Waals surface area (Å²) in [5.74, 6) is 0.781. The molecule has 1 atom stereocenters. The predicted molar refractivity (Wildman–Crippen MR) is 62.6 cm³/mol. The summed E-state index contributed by atoms with van der Waals surface area (Å²) in [5.41, 5.74) is 1.11. The zero-order chi connectivity index (χ0) is 11.5. The van der Waals surface area contributed by atoms with Crippen molar-refractivity contribution in [3.05, 3.63) is 28.2 Å². The van der Waals surface area contributed by atoms with Gasteiger partial charge in [0.2, 0.25) is 0 Å². The van der Waals surface area contributed by atoms with Crippen LogP contribution in [0.2, 0.25) is 0 Å². The number of rotatable bonds is 3. The van der Waals surface area contributed by atoms with E-state index in [4.69, 9.17) is 9.47 Å². The van der Waals surface area contributed by atoms with Gasteiger partial charge in [0.05, 0.1) is 6.54 Å². The van der Waals surface area contributed by atoms with Gasteiger partial charge in [0.25, 0.3) is 0 Å². The molecule has 0 aliphatic carbocycles. The van der Waals surface area contributed by atoms with Gasteiger partial charge in [-0.3, -0.25) is 0 Å². The first-order valence-electron chi connectivity index (χ1n) is 4.98. The number of hydrogen-bond acceptors (Lipinski definition) is 3. The summed E-state index contributed by atoms with van der Waals surface area (Å²) >= 11 is 3.42. The number of aryl methyl sites for hydroxylation is 1. The first-order chi connectivity index (χ1) is 7.65. The highest BCUT2D eigenvalue weighted by molar-refractivity contribution is 9.10. The molecular weight excluding hydrogens is 274 g/mol. The maximum Gasteiger partial charge on any atom is 0.407 e. The molecule has 0 bridgehead atoms. The second-order valence-electron chi connectivity index (χ2n) is 3.63. The molecule has 86 valence electrons. The number of halogens is 1. The Labute approximate surface area is 102 Å². The monoisotopic (exact) mass is 285 g/mol. The van der Waals surface area contributed by atoms with E-state index in [1.807, 2.05) is 25.1 Å². The van der Waals surface area contributed by atoms with Crippen LogP contribution in [0, 0.1) is 6.92 Å². The zero-order valence-electron chi connectivity index (χ0n) is 8.83. The normalized spacial score (nSPS) is 19.1. The molecule has 1 heterocycles. The molecule has 0 saturated carbocycles. The lowest BCUT2D eigenvalue weighted by atomic mass is 10.2. The van der Waals surface area contributed by atoms with Crippen molar-refractivity contribution in [2.45, 2.75) is 13.0 Å². The lowest BCUT2D eigenvalue weighted by molar-refractivity contribution is 0.105. The Balaban J connectivity index is 1.89. The minimum Gasteiger partial charge on any atom is -0.490 e. The van der Waals surface area contributed by atoms with Crippen LogP contribution >= 0.6 is 15.9 Å². The van der Waals surface area contributed by atoms with E-state index in [0.717, 1.165) is 15.8 Å². The van der Waals surface area contributed by atoms with E-state index < -0.39 is 0 Å². The third kappa shape index (κ3) is 2.66. The summed E-state index contributed by atoms with van der Waals surface area (Å²) in [6.07, 6.45) is -0.572. The van der Waals surface area contributed by atoms with Gasteiger partial charge in [-0.2, -0.15) is 0 Å². The molecule has 0 spiro atoms. The van der Waals surface area contributed by atoms with E-state index >= 15 is 0 Å². The maximum atomic E-state index is 10.8. The lowest BCUT2D eigenvalue weighted by Gasteiger charge is -2.11. The molecule has 4 nitrogen and oxygen atoms in total. The van der Waals surface area contributed by atoms with Crippen molar-refractivity contribution in [2.24, 2.45) is 0 Å². The molecule has 5 heteroatoms. The van der Waals surface area contributed by atoms with Gasteiger partial charge in [-0.05, 0) is 30.7 Å². The molecule has 1 aliphatic rings. The fourth-order valence-corrected chi connectivity index (χ4v) is 1.67. The van der Waals surface area contributed by atoms with Crippen LogP contribution in [-0.2, 0) is 4.74 Å². The van der Waals surface area contributed by atoms with Crippen LogP contribution < -0.4 is 10.1 Å². The first kappa shape index (κ1) is 11.3.